The number of halogens is 2. The number of rotatable bonds is 0. The molecule has 0 nitrogen and oxygen atoms in total. The molecule has 0 aromatic heterocycles. The maximum atomic E-state index is 4.99. The summed E-state index contributed by atoms with van der Waals surface area (Å²) in [4.78, 5) is 0. The fourth-order valence-corrected chi connectivity index (χ4v) is 5.39. The van der Waals surface area contributed by atoms with Gasteiger partial charge in [0.05, 0.1) is 0 Å². The van der Waals surface area contributed by atoms with Gasteiger partial charge in [-0.05, 0) is 0 Å². The summed E-state index contributed by atoms with van der Waals surface area (Å²) in [5.41, 5.74) is 0. The molecule has 2 aliphatic rings. The minimum absolute atomic E-state index is 1.14. The van der Waals surface area contributed by atoms with Crippen LogP contribution in [0, 0.1) is 0 Å². The molecular formula is C6H10Cl2HgS6+2. The van der Waals surface area contributed by atoms with Crippen LogP contribution in [0.3, 0.4) is 0 Å². The molecule has 2 aliphatic heterocycles. The summed E-state index contributed by atoms with van der Waals surface area (Å²) < 4.78 is 2.46. The molecule has 15 heavy (non-hydrogen) atoms. The van der Waals surface area contributed by atoms with Crippen molar-refractivity contribution in [3.05, 3.63) is 0 Å². The summed E-state index contributed by atoms with van der Waals surface area (Å²) >= 11 is 14.5. The molecule has 0 unspecified atom stereocenters. The third-order valence-electron chi connectivity index (χ3n) is 1.07. The summed E-state index contributed by atoms with van der Waals surface area (Å²) in [6.07, 6.45) is 0. The maximum absolute atomic E-state index is 4.99. The van der Waals surface area contributed by atoms with Crippen LogP contribution < -0.4 is 0 Å². The SMILES string of the molecule is [Cl][Hg][Cl].[SH+]=C1SCCS1.[SH+]=C1SCCS1. The van der Waals surface area contributed by atoms with Gasteiger partial charge in [0.25, 0.3) is 7.06 Å². The summed E-state index contributed by atoms with van der Waals surface area (Å²) in [5.74, 6) is 5.01. The largest absolute Gasteiger partial charge is 0.289 e. The van der Waals surface area contributed by atoms with Gasteiger partial charge in [-0.1, -0.05) is 47.0 Å². The predicted octanol–water partition coefficient (Wildman–Crippen LogP) is 3.04. The van der Waals surface area contributed by atoms with E-state index in [1.165, 1.54) is 30.1 Å². The van der Waals surface area contributed by atoms with Gasteiger partial charge in [-0.2, -0.15) is 0 Å². The molecule has 0 aliphatic carbocycles. The second-order valence-corrected chi connectivity index (χ2v) is 16.9. The molecular weight excluding hydrogens is 536 g/mol. The Morgan fingerprint density at radius 2 is 1.00 bits per heavy atom. The molecule has 2 fully saturated rings. The number of thiol groups is 2. The van der Waals surface area contributed by atoms with Crippen molar-refractivity contribution < 1.29 is 22.1 Å². The molecule has 9 heteroatoms. The Balaban J connectivity index is 0.000000210. The Kier molecular flexibility index (Phi) is 16.3. The van der Waals surface area contributed by atoms with Crippen LogP contribution in [0.1, 0.15) is 0 Å². The van der Waals surface area contributed by atoms with Crippen molar-refractivity contribution in [2.24, 2.45) is 0 Å². The fourth-order valence-electron chi connectivity index (χ4n) is 0.599. The van der Waals surface area contributed by atoms with Crippen molar-refractivity contribution in [2.45, 2.75) is 0 Å². The first-order valence-electron chi connectivity index (χ1n) is 3.95. The number of thioether (sulfide) groups is 4. The van der Waals surface area contributed by atoms with E-state index in [9.17, 15) is 0 Å². The first kappa shape index (κ1) is 18.1. The Morgan fingerprint density at radius 1 is 0.800 bits per heavy atom. The number of hydrogen-bond acceptors (Lipinski definition) is 4. The first-order chi connectivity index (χ1) is 7.20. The minimum atomic E-state index is -1.14. The van der Waals surface area contributed by atoms with Crippen LogP contribution in [-0.4, -0.2) is 30.1 Å². The standard InChI is InChI=1S/2C3H4S3.2ClH.Hg/c2*4-3-5-1-2-6-3;;;/h2*1-2H2;2*1H;/q;;;;+2. The zero-order valence-corrected chi connectivity index (χ0v) is 19.9. The van der Waals surface area contributed by atoms with E-state index in [2.05, 4.69) is 24.4 Å². The molecule has 2 saturated heterocycles. The minimum Gasteiger partial charge on any atom is -0.0571 e. The Morgan fingerprint density at radius 3 is 1.07 bits per heavy atom. The van der Waals surface area contributed by atoms with Gasteiger partial charge >= 0.3 is 38.6 Å². The maximum Gasteiger partial charge on any atom is 0.289 e. The molecule has 2 rings (SSSR count). The molecule has 0 amide bonds. The summed E-state index contributed by atoms with van der Waals surface area (Å²) in [6, 6.07) is 0. The van der Waals surface area contributed by atoms with Gasteiger partial charge in [-0.15, -0.1) is 0 Å². The van der Waals surface area contributed by atoms with E-state index in [-0.39, 0.29) is 0 Å². The van der Waals surface area contributed by atoms with E-state index in [0.717, 1.165) is 0 Å². The predicted molar refractivity (Wildman–Crippen MR) is 89.1 cm³/mol. The Labute approximate surface area is 138 Å². The van der Waals surface area contributed by atoms with E-state index >= 15 is 0 Å². The normalized spacial score (nSPS) is 18.5. The average Bonchev–Trinajstić information content (AvgIpc) is 2.81. The van der Waals surface area contributed by atoms with Crippen LogP contribution in [0.15, 0.2) is 0 Å². The Hall–Kier alpha value is 3.10. The van der Waals surface area contributed by atoms with Crippen LogP contribution in [-0.2, 0) is 46.5 Å². The molecule has 2 heterocycles. The van der Waals surface area contributed by atoms with Crippen LogP contribution in [0.4, 0.5) is 0 Å². The van der Waals surface area contributed by atoms with Crippen molar-refractivity contribution in [1.29, 1.82) is 0 Å². The number of hydrogen-bond donors (Lipinski definition) is 0. The molecule has 84 valence electrons. The van der Waals surface area contributed by atoms with Gasteiger partial charge in [-0.3, -0.25) is 0 Å². The van der Waals surface area contributed by atoms with Gasteiger partial charge in [-0.25, -0.2) is 0 Å². The third-order valence-corrected chi connectivity index (χ3v) is 7.17. The Bertz CT molecular complexity index is 166. The fraction of sp³-hybridized carbons (Fsp3) is 0.667. The van der Waals surface area contributed by atoms with Crippen molar-refractivity contribution in [3.8, 4) is 0 Å². The van der Waals surface area contributed by atoms with Crippen molar-refractivity contribution in [2.75, 3.05) is 23.0 Å². The summed E-state index contributed by atoms with van der Waals surface area (Å²) in [5, 5.41) is 0. The molecule has 0 saturated carbocycles. The van der Waals surface area contributed by atoms with E-state index in [0.29, 0.717) is 0 Å². The zero-order chi connectivity index (χ0) is 11.5. The first-order valence-corrected chi connectivity index (χ1v) is 22.3. The average molecular weight is 546 g/mol. The van der Waals surface area contributed by atoms with Crippen molar-refractivity contribution in [3.63, 3.8) is 0 Å². The molecule has 0 radical (unpaired) electrons. The molecule has 0 aromatic rings. The van der Waals surface area contributed by atoms with Crippen LogP contribution in [0.25, 0.3) is 0 Å². The topological polar surface area (TPSA) is 0 Å². The third kappa shape index (κ3) is 13.3. The quantitative estimate of drug-likeness (QED) is 0.199. The molecule has 0 N–H and O–H groups in total. The second-order valence-electron chi connectivity index (χ2n) is 2.03. The summed E-state index contributed by atoms with van der Waals surface area (Å²) in [6.45, 7) is 0. The van der Waals surface area contributed by atoms with Crippen LogP contribution in [0.5, 0.6) is 0 Å². The monoisotopic (exact) mass is 546 g/mol. The molecule has 0 bridgehead atoms. The van der Waals surface area contributed by atoms with Crippen LogP contribution in [0.2, 0.25) is 0 Å². The van der Waals surface area contributed by atoms with E-state index < -0.39 is 22.1 Å². The van der Waals surface area contributed by atoms with Crippen molar-refractivity contribution >= 4 is 95.0 Å². The van der Waals surface area contributed by atoms with E-state index in [1.54, 1.807) is 0 Å². The van der Waals surface area contributed by atoms with Gasteiger partial charge in [0.1, 0.15) is 0 Å². The molecule has 0 aromatic carbocycles. The van der Waals surface area contributed by atoms with E-state index in [1.807, 2.05) is 47.0 Å². The second kappa shape index (κ2) is 13.5. The van der Waals surface area contributed by atoms with Crippen molar-refractivity contribution in [1.82, 2.24) is 0 Å². The van der Waals surface area contributed by atoms with Gasteiger partial charge < -0.3 is 0 Å². The molecule has 0 spiro atoms. The van der Waals surface area contributed by atoms with E-state index in [4.69, 9.17) is 16.5 Å². The van der Waals surface area contributed by atoms with Gasteiger partial charge in [0.2, 0.25) is 0 Å². The van der Waals surface area contributed by atoms with Gasteiger partial charge in [0, 0.05) is 23.0 Å². The zero-order valence-electron chi connectivity index (χ0n) is 7.82. The molecule has 0 atom stereocenters. The van der Waals surface area contributed by atoms with Gasteiger partial charge in [0.15, 0.2) is 24.4 Å². The summed E-state index contributed by atoms with van der Waals surface area (Å²) in [7, 11) is 9.97. The van der Waals surface area contributed by atoms with Crippen LogP contribution >= 0.6 is 63.5 Å². The smallest absolute Gasteiger partial charge is 0.0571 e.